The Morgan fingerprint density at radius 3 is 2.57 bits per heavy atom. The number of hydrogen-bond acceptors (Lipinski definition) is 6. The van der Waals surface area contributed by atoms with Gasteiger partial charge < -0.3 is 24.1 Å². The highest BCUT2D eigenvalue weighted by Crippen LogP contribution is 2.37. The summed E-state index contributed by atoms with van der Waals surface area (Å²) >= 11 is 3.49. The number of carbonyl (C=O) groups is 2. The van der Waals surface area contributed by atoms with Crippen LogP contribution in [-0.4, -0.2) is 48.0 Å². The van der Waals surface area contributed by atoms with Gasteiger partial charge in [-0.2, -0.15) is 0 Å². The van der Waals surface area contributed by atoms with Crippen LogP contribution in [0.4, 0.5) is 4.79 Å². The van der Waals surface area contributed by atoms with Gasteiger partial charge in [0.15, 0.2) is 0 Å². The summed E-state index contributed by atoms with van der Waals surface area (Å²) in [5.74, 6) is 0.0760. The van der Waals surface area contributed by atoms with Crippen LogP contribution >= 0.6 is 15.9 Å². The molecule has 0 unspecified atom stereocenters. The van der Waals surface area contributed by atoms with Gasteiger partial charge in [0, 0.05) is 36.6 Å². The molecule has 2 heterocycles. The molecule has 0 spiro atoms. The van der Waals surface area contributed by atoms with Crippen LogP contribution in [0.15, 0.2) is 29.1 Å². The highest BCUT2D eigenvalue weighted by Gasteiger charge is 2.23. The van der Waals surface area contributed by atoms with Crippen molar-refractivity contribution in [3.63, 3.8) is 0 Å². The van der Waals surface area contributed by atoms with Gasteiger partial charge in [-0.15, -0.1) is 0 Å². The first-order chi connectivity index (χ1) is 13.2. The number of methoxy groups -OCH3 is 2. The Bertz CT molecular complexity index is 858. The predicted molar refractivity (Wildman–Crippen MR) is 107 cm³/mol. The molecule has 0 fully saturated rings. The zero-order valence-electron chi connectivity index (χ0n) is 16.5. The second-order valence-electron chi connectivity index (χ2n) is 6.89. The number of ether oxygens (including phenoxy) is 3. The van der Waals surface area contributed by atoms with Crippen LogP contribution < -0.4 is 10.1 Å². The highest BCUT2D eigenvalue weighted by atomic mass is 79.9. The molecule has 0 aliphatic heterocycles. The number of esters is 1. The number of pyridine rings is 1. The van der Waals surface area contributed by atoms with E-state index in [-0.39, 0.29) is 6.54 Å². The predicted octanol–water partition coefficient (Wildman–Crippen LogP) is 3.63. The number of aromatic nitrogens is 2. The van der Waals surface area contributed by atoms with Crippen molar-refractivity contribution < 1.29 is 23.8 Å². The molecule has 1 N–H and O–H groups in total. The van der Waals surface area contributed by atoms with E-state index in [0.717, 1.165) is 11.1 Å². The molecule has 0 atom stereocenters. The third kappa shape index (κ3) is 5.25. The lowest BCUT2D eigenvalue weighted by atomic mass is 10.1. The number of hydrogen-bond donors (Lipinski definition) is 1. The molecule has 2 aromatic rings. The molecular formula is C19H24BrN3O5. The molecule has 8 nitrogen and oxygen atoms in total. The number of carbonyl (C=O) groups excluding carboxylic acids is 2. The smallest absolute Gasteiger partial charge is 0.407 e. The minimum atomic E-state index is -0.581. The van der Waals surface area contributed by atoms with Crippen LogP contribution in [0.1, 0.15) is 31.3 Å². The summed E-state index contributed by atoms with van der Waals surface area (Å²) in [5.41, 5.74) is 1.27. The van der Waals surface area contributed by atoms with Gasteiger partial charge in [0.1, 0.15) is 17.0 Å². The second kappa shape index (κ2) is 9.09. The van der Waals surface area contributed by atoms with Crippen molar-refractivity contribution in [3.8, 4) is 16.9 Å². The van der Waals surface area contributed by atoms with Gasteiger partial charge in [0.25, 0.3) is 0 Å². The van der Waals surface area contributed by atoms with Crippen molar-refractivity contribution in [1.82, 2.24) is 14.9 Å². The van der Waals surface area contributed by atoms with Crippen molar-refractivity contribution in [2.24, 2.45) is 0 Å². The molecule has 0 bridgehead atoms. The topological polar surface area (TPSA) is 91.7 Å². The number of nitrogens with one attached hydrogen (secondary N) is 1. The molecule has 9 heteroatoms. The Hall–Kier alpha value is -2.55. The summed E-state index contributed by atoms with van der Waals surface area (Å²) in [7, 11) is 2.87. The minimum absolute atomic E-state index is 0.271. The van der Waals surface area contributed by atoms with Crippen LogP contribution in [0.5, 0.6) is 5.75 Å². The molecule has 0 aromatic carbocycles. The van der Waals surface area contributed by atoms with E-state index in [1.54, 1.807) is 57.1 Å². The Morgan fingerprint density at radius 1 is 1.25 bits per heavy atom. The van der Waals surface area contributed by atoms with E-state index in [1.165, 1.54) is 7.11 Å². The standard InChI is InChI=1S/C19H24BrN3O5/c1-19(2,3)28-18(25)22-8-9-23-11-13(15(20)16(23)17(24)27-5)12-6-7-21-10-14(12)26-4/h6-7,10-11H,8-9H2,1-5H3,(H,22,25). The van der Waals surface area contributed by atoms with Crippen molar-refractivity contribution in [2.45, 2.75) is 32.9 Å². The quantitative estimate of drug-likeness (QED) is 0.671. The fourth-order valence-corrected chi connectivity index (χ4v) is 3.26. The van der Waals surface area contributed by atoms with Crippen molar-refractivity contribution in [2.75, 3.05) is 20.8 Å². The van der Waals surface area contributed by atoms with Gasteiger partial charge in [-0.3, -0.25) is 4.98 Å². The fraction of sp³-hybridized carbons (Fsp3) is 0.421. The van der Waals surface area contributed by atoms with Crippen molar-refractivity contribution in [3.05, 3.63) is 34.8 Å². The summed E-state index contributed by atoms with van der Waals surface area (Å²) in [5, 5.41) is 2.68. The largest absolute Gasteiger partial charge is 0.494 e. The number of amides is 1. The highest BCUT2D eigenvalue weighted by molar-refractivity contribution is 9.10. The summed E-state index contributed by atoms with van der Waals surface area (Å²) in [6.07, 6.45) is 4.52. The molecule has 0 saturated carbocycles. The van der Waals surface area contributed by atoms with Gasteiger partial charge in [0.05, 0.1) is 24.9 Å². The Labute approximate surface area is 172 Å². The maximum atomic E-state index is 12.3. The maximum Gasteiger partial charge on any atom is 0.407 e. The molecule has 2 rings (SSSR count). The normalized spacial score (nSPS) is 11.1. The Kier molecular flexibility index (Phi) is 7.06. The maximum absolute atomic E-state index is 12.3. The first kappa shape index (κ1) is 21.7. The molecule has 152 valence electrons. The summed E-state index contributed by atoms with van der Waals surface area (Å²) < 4.78 is 17.8. The van der Waals surface area contributed by atoms with E-state index in [1.807, 2.05) is 0 Å². The Balaban J connectivity index is 2.29. The lowest BCUT2D eigenvalue weighted by Gasteiger charge is -2.19. The fourth-order valence-electron chi connectivity index (χ4n) is 2.56. The number of nitrogens with zero attached hydrogens (tertiary/aromatic N) is 2. The third-order valence-electron chi connectivity index (χ3n) is 3.71. The minimum Gasteiger partial charge on any atom is -0.494 e. The van der Waals surface area contributed by atoms with Gasteiger partial charge >= 0.3 is 12.1 Å². The third-order valence-corrected chi connectivity index (χ3v) is 4.51. The van der Waals surface area contributed by atoms with Crippen molar-refractivity contribution >= 4 is 28.0 Å². The van der Waals surface area contributed by atoms with Crippen LogP contribution in [-0.2, 0) is 16.0 Å². The lowest BCUT2D eigenvalue weighted by Crippen LogP contribution is -2.34. The van der Waals surface area contributed by atoms with Crippen LogP contribution in [0.25, 0.3) is 11.1 Å². The molecule has 0 radical (unpaired) electrons. The number of halogens is 1. The summed E-state index contributed by atoms with van der Waals surface area (Å²) in [6, 6.07) is 1.79. The first-order valence-corrected chi connectivity index (χ1v) is 9.39. The first-order valence-electron chi connectivity index (χ1n) is 8.60. The SMILES string of the molecule is COC(=O)c1c(Br)c(-c2ccncc2OC)cn1CCNC(=O)OC(C)(C)C. The van der Waals surface area contributed by atoms with Crippen LogP contribution in [0, 0.1) is 0 Å². The van der Waals surface area contributed by atoms with Crippen molar-refractivity contribution in [1.29, 1.82) is 0 Å². The molecule has 1 amide bonds. The molecule has 28 heavy (non-hydrogen) atoms. The van der Waals surface area contributed by atoms with E-state index >= 15 is 0 Å². The Morgan fingerprint density at radius 2 is 1.96 bits per heavy atom. The monoisotopic (exact) mass is 453 g/mol. The van der Waals surface area contributed by atoms with Gasteiger partial charge in [-0.25, -0.2) is 9.59 Å². The van der Waals surface area contributed by atoms with E-state index in [4.69, 9.17) is 14.2 Å². The van der Waals surface area contributed by atoms with Crippen LogP contribution in [0.3, 0.4) is 0 Å². The molecule has 2 aromatic heterocycles. The molecular weight excluding hydrogens is 430 g/mol. The average Bonchev–Trinajstić information content (AvgIpc) is 2.95. The second-order valence-corrected chi connectivity index (χ2v) is 7.69. The average molecular weight is 454 g/mol. The van der Waals surface area contributed by atoms with E-state index in [9.17, 15) is 9.59 Å². The molecule has 0 aliphatic carbocycles. The zero-order chi connectivity index (χ0) is 20.9. The zero-order valence-corrected chi connectivity index (χ0v) is 18.1. The number of alkyl carbamates (subject to hydrolysis) is 1. The summed E-state index contributed by atoms with van der Waals surface area (Å²) in [6.45, 7) is 5.99. The molecule has 0 saturated heterocycles. The van der Waals surface area contributed by atoms with Gasteiger partial charge in [-0.05, 0) is 42.8 Å². The van der Waals surface area contributed by atoms with Gasteiger partial charge in [0.2, 0.25) is 0 Å². The van der Waals surface area contributed by atoms with E-state index in [2.05, 4.69) is 26.2 Å². The van der Waals surface area contributed by atoms with Crippen LogP contribution in [0.2, 0.25) is 0 Å². The molecule has 0 aliphatic rings. The van der Waals surface area contributed by atoms with Gasteiger partial charge in [-0.1, -0.05) is 0 Å². The van der Waals surface area contributed by atoms with E-state index in [0.29, 0.717) is 22.5 Å². The van der Waals surface area contributed by atoms with E-state index < -0.39 is 17.7 Å². The lowest BCUT2D eigenvalue weighted by molar-refractivity contribution is 0.0526. The summed E-state index contributed by atoms with van der Waals surface area (Å²) in [4.78, 5) is 28.2. The number of rotatable bonds is 6.